The maximum absolute atomic E-state index is 11.9. The number of hydrogen-bond acceptors (Lipinski definition) is 5. The van der Waals surface area contributed by atoms with Crippen LogP contribution in [0.4, 0.5) is 0 Å². The van der Waals surface area contributed by atoms with Gasteiger partial charge in [0.15, 0.2) is 6.29 Å². The van der Waals surface area contributed by atoms with E-state index in [9.17, 15) is 4.79 Å². The van der Waals surface area contributed by atoms with E-state index >= 15 is 0 Å². The Labute approximate surface area is 180 Å². The van der Waals surface area contributed by atoms with Crippen molar-refractivity contribution in [2.24, 2.45) is 0 Å². The van der Waals surface area contributed by atoms with Crippen LogP contribution in [-0.4, -0.2) is 28.9 Å². The Morgan fingerprint density at radius 1 is 1.17 bits per heavy atom. The molecule has 1 aromatic heterocycles. The van der Waals surface area contributed by atoms with Gasteiger partial charge in [-0.25, -0.2) is 4.98 Å². The number of aromatic nitrogens is 1. The minimum atomic E-state index is -0.607. The largest absolute Gasteiger partial charge is 0.468 e. The Bertz CT molecular complexity index is 930. The molecule has 2 heterocycles. The number of piperidine rings is 1. The van der Waals surface area contributed by atoms with Crippen molar-refractivity contribution < 1.29 is 9.53 Å². The Kier molecular flexibility index (Phi) is 6.60. The van der Waals surface area contributed by atoms with Crippen LogP contribution in [0.2, 0.25) is 5.02 Å². The molecule has 4 nitrogen and oxygen atoms in total. The van der Waals surface area contributed by atoms with E-state index in [4.69, 9.17) is 21.3 Å². The molecule has 0 bridgehead atoms. The first-order valence-electron chi connectivity index (χ1n) is 9.84. The fourth-order valence-corrected chi connectivity index (χ4v) is 4.73. The number of nitrogens with zero attached hydrogens (tertiary/aromatic N) is 2. The van der Waals surface area contributed by atoms with Crippen molar-refractivity contribution in [3.05, 3.63) is 81.3 Å². The van der Waals surface area contributed by atoms with Gasteiger partial charge in [-0.2, -0.15) is 0 Å². The molecule has 1 fully saturated rings. The lowest BCUT2D eigenvalue weighted by Gasteiger charge is -2.37. The summed E-state index contributed by atoms with van der Waals surface area (Å²) in [6, 6.07) is 17.5. The third-order valence-electron chi connectivity index (χ3n) is 5.17. The Hall–Kier alpha value is -2.21. The van der Waals surface area contributed by atoms with Crippen LogP contribution >= 0.6 is 22.9 Å². The number of aldehydes is 1. The molecular weight excluding hydrogens is 404 g/mol. The van der Waals surface area contributed by atoms with Crippen LogP contribution in [0.1, 0.15) is 41.6 Å². The first-order valence-corrected chi connectivity index (χ1v) is 11.1. The minimum absolute atomic E-state index is 0.0953. The number of carbonyl (C=O) groups is 1. The van der Waals surface area contributed by atoms with Crippen LogP contribution in [-0.2, 0) is 11.2 Å². The van der Waals surface area contributed by atoms with Gasteiger partial charge in [0.05, 0.1) is 16.7 Å². The summed E-state index contributed by atoms with van der Waals surface area (Å²) < 4.78 is 5.99. The number of likely N-dealkylation sites (tertiary alicyclic amines) is 1. The third-order valence-corrected chi connectivity index (χ3v) is 6.29. The number of thiazole rings is 1. The number of carbonyl (C=O) groups excluding carboxylic acids is 1. The van der Waals surface area contributed by atoms with Gasteiger partial charge in [0.1, 0.15) is 5.75 Å². The Balaban J connectivity index is 1.50. The quantitative estimate of drug-likeness (QED) is 0.466. The monoisotopic (exact) mass is 426 g/mol. The van der Waals surface area contributed by atoms with Crippen molar-refractivity contribution in [2.75, 3.05) is 6.54 Å². The molecule has 6 heteroatoms. The number of para-hydroxylation sites is 1. The summed E-state index contributed by atoms with van der Waals surface area (Å²) in [6.45, 7) is 0.824. The maximum Gasteiger partial charge on any atom is 0.209 e. The third kappa shape index (κ3) is 5.04. The predicted molar refractivity (Wildman–Crippen MR) is 117 cm³/mol. The summed E-state index contributed by atoms with van der Waals surface area (Å²) in [5, 5.41) is 3.93. The highest BCUT2D eigenvalue weighted by atomic mass is 35.5. The predicted octanol–water partition coefficient (Wildman–Crippen LogP) is 5.52. The van der Waals surface area contributed by atoms with Gasteiger partial charge in [0.25, 0.3) is 0 Å². The molecule has 1 aliphatic heterocycles. The summed E-state index contributed by atoms with van der Waals surface area (Å²) in [6.07, 6.45) is 4.23. The van der Waals surface area contributed by atoms with Gasteiger partial charge < -0.3 is 4.74 Å². The van der Waals surface area contributed by atoms with Crippen molar-refractivity contribution in [1.82, 2.24) is 9.88 Å². The molecule has 1 saturated heterocycles. The average molecular weight is 427 g/mol. The molecule has 3 aromatic rings. The van der Waals surface area contributed by atoms with Gasteiger partial charge in [0, 0.05) is 23.4 Å². The van der Waals surface area contributed by atoms with Crippen LogP contribution < -0.4 is 4.74 Å². The van der Waals surface area contributed by atoms with E-state index in [0.717, 1.165) is 54.2 Å². The molecule has 0 aliphatic carbocycles. The Morgan fingerprint density at radius 3 is 2.72 bits per heavy atom. The number of ether oxygens (including phenoxy) is 1. The fraction of sp³-hybridized carbons (Fsp3) is 0.304. The second kappa shape index (κ2) is 9.53. The molecule has 29 heavy (non-hydrogen) atoms. The van der Waals surface area contributed by atoms with Crippen molar-refractivity contribution in [2.45, 2.75) is 38.0 Å². The van der Waals surface area contributed by atoms with Gasteiger partial charge in [-0.05, 0) is 42.7 Å². The molecule has 0 amide bonds. The zero-order chi connectivity index (χ0) is 20.1. The molecule has 0 radical (unpaired) electrons. The van der Waals surface area contributed by atoms with E-state index in [1.807, 2.05) is 54.6 Å². The summed E-state index contributed by atoms with van der Waals surface area (Å²) >= 11 is 7.65. The van der Waals surface area contributed by atoms with E-state index in [2.05, 4.69) is 10.3 Å². The molecule has 1 aliphatic rings. The smallest absolute Gasteiger partial charge is 0.209 e. The normalized spacial score (nSPS) is 18.3. The van der Waals surface area contributed by atoms with Crippen molar-refractivity contribution in [3.8, 4) is 5.75 Å². The van der Waals surface area contributed by atoms with Gasteiger partial charge in [-0.1, -0.05) is 48.4 Å². The zero-order valence-electron chi connectivity index (χ0n) is 16.0. The fourth-order valence-electron chi connectivity index (χ4n) is 3.72. The SMILES string of the molecule is O=C[C@@H](Oc1ccccc1)N1CCCCC1c1csc(Cc2ccc(Cl)cc2)n1. The van der Waals surface area contributed by atoms with Gasteiger partial charge in [-0.15, -0.1) is 11.3 Å². The summed E-state index contributed by atoms with van der Waals surface area (Å²) in [5.74, 6) is 0.704. The highest BCUT2D eigenvalue weighted by molar-refractivity contribution is 7.09. The summed E-state index contributed by atoms with van der Waals surface area (Å²) in [5.41, 5.74) is 2.22. The highest BCUT2D eigenvalue weighted by Crippen LogP contribution is 2.34. The standard InChI is InChI=1S/C23H23ClN2O2S/c24-18-11-9-17(10-12-18)14-22-25-20(16-29-22)21-8-4-5-13-26(21)23(15-27)28-19-6-2-1-3-7-19/h1-3,6-7,9-12,15-16,21,23H,4-5,8,13-14H2/t21?,23-/m1/s1. The number of hydrogen-bond donors (Lipinski definition) is 0. The van der Waals surface area contributed by atoms with Crippen LogP contribution in [0.5, 0.6) is 5.75 Å². The molecule has 0 saturated carbocycles. The highest BCUT2D eigenvalue weighted by Gasteiger charge is 2.32. The van der Waals surface area contributed by atoms with Crippen LogP contribution in [0.25, 0.3) is 0 Å². The van der Waals surface area contributed by atoms with Crippen LogP contribution in [0.15, 0.2) is 60.0 Å². The van der Waals surface area contributed by atoms with E-state index < -0.39 is 6.23 Å². The first kappa shape index (κ1) is 20.1. The van der Waals surface area contributed by atoms with Gasteiger partial charge >= 0.3 is 0 Å². The van der Waals surface area contributed by atoms with Crippen molar-refractivity contribution in [1.29, 1.82) is 0 Å². The molecule has 4 rings (SSSR count). The number of rotatable bonds is 7. The second-order valence-electron chi connectivity index (χ2n) is 7.18. The molecule has 150 valence electrons. The van der Waals surface area contributed by atoms with Crippen molar-refractivity contribution >= 4 is 29.2 Å². The minimum Gasteiger partial charge on any atom is -0.468 e. The van der Waals surface area contributed by atoms with E-state index in [1.54, 1.807) is 11.3 Å². The van der Waals surface area contributed by atoms with Gasteiger partial charge in [-0.3, -0.25) is 9.69 Å². The Morgan fingerprint density at radius 2 is 1.97 bits per heavy atom. The second-order valence-corrected chi connectivity index (χ2v) is 8.56. The number of halogens is 1. The molecule has 0 spiro atoms. The van der Waals surface area contributed by atoms with Crippen LogP contribution in [0.3, 0.4) is 0 Å². The molecule has 0 N–H and O–H groups in total. The van der Waals surface area contributed by atoms with E-state index in [-0.39, 0.29) is 6.04 Å². The van der Waals surface area contributed by atoms with Gasteiger partial charge in [0.2, 0.25) is 6.23 Å². The lowest BCUT2D eigenvalue weighted by molar-refractivity contribution is -0.125. The number of benzene rings is 2. The molecule has 1 unspecified atom stereocenters. The zero-order valence-corrected chi connectivity index (χ0v) is 17.6. The average Bonchev–Trinajstić information content (AvgIpc) is 3.23. The summed E-state index contributed by atoms with van der Waals surface area (Å²) in [7, 11) is 0. The lowest BCUT2D eigenvalue weighted by Crippen LogP contribution is -2.45. The lowest BCUT2D eigenvalue weighted by atomic mass is 9.99. The molecule has 2 atom stereocenters. The van der Waals surface area contributed by atoms with E-state index in [0.29, 0.717) is 5.75 Å². The van der Waals surface area contributed by atoms with Crippen molar-refractivity contribution in [3.63, 3.8) is 0 Å². The van der Waals surface area contributed by atoms with Crippen LogP contribution in [0, 0.1) is 0 Å². The first-order chi connectivity index (χ1) is 14.2. The van der Waals surface area contributed by atoms with E-state index in [1.165, 1.54) is 5.56 Å². The topological polar surface area (TPSA) is 42.4 Å². The summed E-state index contributed by atoms with van der Waals surface area (Å²) in [4.78, 5) is 18.9. The molecular formula is C23H23ClN2O2S. The molecule has 2 aromatic carbocycles. The maximum atomic E-state index is 11.9.